The molecule has 1 unspecified atom stereocenters. The number of hydrogen-bond donors (Lipinski definition) is 3. The molecule has 0 fully saturated rings. The number of phosphoric acid groups is 1. The molecule has 0 aliphatic carbocycles. The zero-order valence-corrected chi connectivity index (χ0v) is 35.1. The number of esters is 2. The summed E-state index contributed by atoms with van der Waals surface area (Å²) >= 11 is 0. The molecule has 4 N–H and O–H groups in total. The zero-order valence-electron chi connectivity index (χ0n) is 34.2. The van der Waals surface area contributed by atoms with Crippen molar-refractivity contribution in [2.45, 2.75) is 154 Å². The number of carboxylic acid groups (broad SMARTS) is 1. The summed E-state index contributed by atoms with van der Waals surface area (Å²) in [6.45, 7) is 2.56. The summed E-state index contributed by atoms with van der Waals surface area (Å²) in [6, 6.07) is -1.54. The average Bonchev–Trinajstić information content (AvgIpc) is 3.17. The second-order valence-corrected chi connectivity index (χ2v) is 14.8. The van der Waals surface area contributed by atoms with E-state index in [1.54, 1.807) is 0 Å². The molecule has 0 aliphatic rings. The van der Waals surface area contributed by atoms with Crippen LogP contribution in [-0.2, 0) is 37.5 Å². The first kappa shape index (κ1) is 52.7. The Balaban J connectivity index is 4.57. The zero-order chi connectivity index (χ0) is 41.4. The number of carbonyl (C=O) groups excluding carboxylic acids is 2. The maximum Gasteiger partial charge on any atom is 0.472 e. The van der Waals surface area contributed by atoms with Gasteiger partial charge in [-0.25, -0.2) is 4.57 Å². The first-order chi connectivity index (χ1) is 27.1. The highest BCUT2D eigenvalue weighted by Gasteiger charge is 2.28. The molecule has 0 heterocycles. The van der Waals surface area contributed by atoms with Crippen molar-refractivity contribution < 1.29 is 47.5 Å². The van der Waals surface area contributed by atoms with Crippen LogP contribution in [0.3, 0.4) is 0 Å². The van der Waals surface area contributed by atoms with E-state index in [4.69, 9.17) is 24.8 Å². The van der Waals surface area contributed by atoms with Crippen LogP contribution in [-0.4, -0.2) is 59.9 Å². The van der Waals surface area contributed by atoms with Crippen LogP contribution >= 0.6 is 7.82 Å². The Morgan fingerprint density at radius 1 is 0.571 bits per heavy atom. The van der Waals surface area contributed by atoms with Crippen molar-refractivity contribution in [3.8, 4) is 0 Å². The fraction of sp³-hybridized carbons (Fsp3) is 0.614. The van der Waals surface area contributed by atoms with Crippen LogP contribution in [0, 0.1) is 0 Å². The van der Waals surface area contributed by atoms with Gasteiger partial charge < -0.3 is 25.2 Å². The number of hydrogen-bond acceptors (Lipinski definition) is 9. The number of phosphoric ester groups is 1. The lowest BCUT2D eigenvalue weighted by Crippen LogP contribution is -2.34. The van der Waals surface area contributed by atoms with Crippen molar-refractivity contribution in [3.63, 3.8) is 0 Å². The summed E-state index contributed by atoms with van der Waals surface area (Å²) in [5.41, 5.74) is 5.32. The number of unbranched alkanes of at least 4 members (excludes halogenated alkanes) is 9. The lowest BCUT2D eigenvalue weighted by Gasteiger charge is -2.20. The van der Waals surface area contributed by atoms with Crippen LogP contribution in [0.5, 0.6) is 0 Å². The molecular weight excluding hydrogens is 733 g/mol. The summed E-state index contributed by atoms with van der Waals surface area (Å²) in [5, 5.41) is 8.88. The average molecular weight is 806 g/mol. The van der Waals surface area contributed by atoms with Crippen molar-refractivity contribution in [1.82, 2.24) is 0 Å². The second-order valence-electron chi connectivity index (χ2n) is 13.4. The van der Waals surface area contributed by atoms with Gasteiger partial charge in [0.1, 0.15) is 12.6 Å². The Kier molecular flexibility index (Phi) is 36.2. The Morgan fingerprint density at radius 2 is 1.02 bits per heavy atom. The van der Waals surface area contributed by atoms with Gasteiger partial charge in [0, 0.05) is 12.8 Å². The monoisotopic (exact) mass is 805 g/mol. The molecule has 0 amide bonds. The molecule has 0 bridgehead atoms. The van der Waals surface area contributed by atoms with Gasteiger partial charge >= 0.3 is 25.7 Å². The Hall–Kier alpha value is -3.34. The van der Waals surface area contributed by atoms with E-state index in [9.17, 15) is 23.8 Å². The van der Waals surface area contributed by atoms with E-state index in [2.05, 4.69) is 91.3 Å². The standard InChI is InChI=1S/C44H72NO10P/c1-3-5-7-9-11-13-15-17-19-20-22-24-26-28-30-32-34-36-43(47)55-40(38-53-56(50,51)54-39-41(45)44(48)49)37-52-42(46)35-33-31-29-27-25-23-21-18-16-14-12-10-8-6-4-2/h6,8,12,14,17-19,21-22,24-25,27-28,30,40-41H,3-5,7,9-11,13,15-16,20,23,26,29,31-39,45H2,1-2H3,(H,48,49)(H,50,51)/b8-6-,14-12-,19-17-,21-18-,24-22-,27-25-,30-28-/t40-,41+/m1/s1. The van der Waals surface area contributed by atoms with Gasteiger partial charge in [0.2, 0.25) is 0 Å². The molecule has 0 aromatic carbocycles. The van der Waals surface area contributed by atoms with Crippen molar-refractivity contribution in [1.29, 1.82) is 0 Å². The molecule has 11 nitrogen and oxygen atoms in total. The van der Waals surface area contributed by atoms with E-state index in [-0.39, 0.29) is 12.8 Å². The highest BCUT2D eigenvalue weighted by molar-refractivity contribution is 7.47. The number of rotatable bonds is 37. The van der Waals surface area contributed by atoms with E-state index >= 15 is 0 Å². The molecule has 12 heteroatoms. The summed E-state index contributed by atoms with van der Waals surface area (Å²) < 4.78 is 32.5. The van der Waals surface area contributed by atoms with Crippen LogP contribution in [0.2, 0.25) is 0 Å². The van der Waals surface area contributed by atoms with Gasteiger partial charge in [-0.15, -0.1) is 0 Å². The van der Waals surface area contributed by atoms with Crippen molar-refractivity contribution in [3.05, 3.63) is 85.1 Å². The smallest absolute Gasteiger partial charge is 0.472 e. The summed E-state index contributed by atoms with van der Waals surface area (Å²) in [5.74, 6) is -2.51. The third kappa shape index (κ3) is 37.6. The molecule has 3 atom stereocenters. The van der Waals surface area contributed by atoms with E-state index < -0.39 is 57.7 Å². The third-order valence-electron chi connectivity index (χ3n) is 8.13. The quantitative estimate of drug-likeness (QED) is 0.0236. The Labute approximate surface area is 337 Å². The maximum absolute atomic E-state index is 12.6. The SMILES string of the molecule is CC/C=C\C/C=C\C/C=C\C/C=C\CCCCC(=O)OC[C@H](COP(=O)(O)OC[C@H](N)C(=O)O)OC(=O)CCC/C=C\C/C=C\C/C=C\CCCCCCCC. The van der Waals surface area contributed by atoms with E-state index in [0.29, 0.717) is 19.3 Å². The highest BCUT2D eigenvalue weighted by Crippen LogP contribution is 2.43. The third-order valence-corrected chi connectivity index (χ3v) is 9.08. The number of allylic oxidation sites excluding steroid dienone is 14. The van der Waals surface area contributed by atoms with Gasteiger partial charge in [-0.1, -0.05) is 131 Å². The summed E-state index contributed by atoms with van der Waals surface area (Å²) in [6.07, 6.45) is 46.6. The second kappa shape index (κ2) is 38.5. The summed E-state index contributed by atoms with van der Waals surface area (Å²) in [7, 11) is -4.74. The minimum Gasteiger partial charge on any atom is -0.480 e. The molecule has 0 saturated heterocycles. The van der Waals surface area contributed by atoms with Crippen LogP contribution in [0.25, 0.3) is 0 Å². The number of aliphatic carboxylic acids is 1. The fourth-order valence-electron chi connectivity index (χ4n) is 4.89. The number of ether oxygens (including phenoxy) is 2. The van der Waals surface area contributed by atoms with Gasteiger partial charge in [-0.2, -0.15) is 0 Å². The van der Waals surface area contributed by atoms with Crippen molar-refractivity contribution in [2.75, 3.05) is 19.8 Å². The van der Waals surface area contributed by atoms with Crippen molar-refractivity contribution in [2.24, 2.45) is 5.73 Å². The molecule has 0 saturated carbocycles. The predicted molar refractivity (Wildman–Crippen MR) is 226 cm³/mol. The Bertz CT molecular complexity index is 1270. The highest BCUT2D eigenvalue weighted by atomic mass is 31.2. The van der Waals surface area contributed by atoms with Crippen LogP contribution in [0.15, 0.2) is 85.1 Å². The van der Waals surface area contributed by atoms with Gasteiger partial charge in [0.15, 0.2) is 6.10 Å². The molecule has 0 aromatic heterocycles. The first-order valence-corrected chi connectivity index (χ1v) is 22.1. The Morgan fingerprint density at radius 3 is 1.55 bits per heavy atom. The largest absolute Gasteiger partial charge is 0.480 e. The van der Waals surface area contributed by atoms with Gasteiger partial charge in [-0.3, -0.25) is 23.4 Å². The molecule has 0 aromatic rings. The van der Waals surface area contributed by atoms with Gasteiger partial charge in [0.05, 0.1) is 13.2 Å². The summed E-state index contributed by atoms with van der Waals surface area (Å²) in [4.78, 5) is 45.8. The van der Waals surface area contributed by atoms with E-state index in [1.165, 1.54) is 38.5 Å². The normalized spacial score (nSPS) is 14.6. The number of carboxylic acids is 1. The lowest BCUT2D eigenvalue weighted by atomic mass is 10.1. The molecule has 0 radical (unpaired) electrons. The maximum atomic E-state index is 12.6. The molecular formula is C44H72NO10P. The minimum atomic E-state index is -4.74. The van der Waals surface area contributed by atoms with Crippen LogP contribution in [0.4, 0.5) is 0 Å². The van der Waals surface area contributed by atoms with E-state index in [0.717, 1.165) is 57.8 Å². The van der Waals surface area contributed by atoms with Crippen LogP contribution in [0.1, 0.15) is 142 Å². The first-order valence-electron chi connectivity index (χ1n) is 20.6. The fourth-order valence-corrected chi connectivity index (χ4v) is 5.67. The number of carbonyl (C=O) groups is 3. The molecule has 318 valence electrons. The van der Waals surface area contributed by atoms with Crippen LogP contribution < -0.4 is 5.73 Å². The molecule has 0 spiro atoms. The van der Waals surface area contributed by atoms with E-state index in [1.807, 2.05) is 12.2 Å². The molecule has 56 heavy (non-hydrogen) atoms. The molecule has 0 rings (SSSR count). The molecule has 0 aliphatic heterocycles. The van der Waals surface area contributed by atoms with Gasteiger partial charge in [-0.05, 0) is 83.5 Å². The predicted octanol–water partition coefficient (Wildman–Crippen LogP) is 10.7. The lowest BCUT2D eigenvalue weighted by molar-refractivity contribution is -0.161. The minimum absolute atomic E-state index is 0.0755. The number of nitrogens with two attached hydrogens (primary N) is 1. The van der Waals surface area contributed by atoms with Crippen molar-refractivity contribution >= 4 is 25.7 Å². The topological polar surface area (TPSA) is 172 Å². The van der Waals surface area contributed by atoms with Gasteiger partial charge in [0.25, 0.3) is 0 Å².